The number of carbonyl (C=O) groups excluding carboxylic acids is 1. The maximum atomic E-state index is 12.8. The van der Waals surface area contributed by atoms with Gasteiger partial charge >= 0.3 is 6.18 Å². The molecule has 1 heterocycles. The molecule has 0 bridgehead atoms. The number of aliphatic hydroxyl groups excluding tert-OH is 6. The van der Waals surface area contributed by atoms with Crippen molar-refractivity contribution in [2.45, 2.75) is 43.1 Å². The molecule has 0 spiro atoms. The highest BCUT2D eigenvalue weighted by Crippen LogP contribution is 2.30. The summed E-state index contributed by atoms with van der Waals surface area (Å²) >= 11 is 0. The maximum absolute atomic E-state index is 12.8. The summed E-state index contributed by atoms with van der Waals surface area (Å²) < 4.78 is 38.5. The van der Waals surface area contributed by atoms with E-state index in [1.807, 2.05) is 5.32 Å². The minimum absolute atomic E-state index is 0.0352. The Balaban J connectivity index is 2.34. The zero-order valence-electron chi connectivity index (χ0n) is 16.3. The number of aliphatic hydroxyl groups is 6. The molecule has 0 fully saturated rings. The molecule has 8 N–H and O–H groups in total. The lowest BCUT2D eigenvalue weighted by Crippen LogP contribution is -2.58. The van der Waals surface area contributed by atoms with Crippen LogP contribution in [0, 0.1) is 0 Å². The molecule has 0 aliphatic heterocycles. The number of fused-ring (bicyclic) bond motifs is 1. The molecule has 0 aliphatic rings. The number of halogens is 3. The second-order valence-corrected chi connectivity index (χ2v) is 7.00. The lowest BCUT2D eigenvalue weighted by atomic mass is 9.94. The van der Waals surface area contributed by atoms with Gasteiger partial charge in [-0.15, -0.1) is 0 Å². The fourth-order valence-electron chi connectivity index (χ4n) is 2.95. The van der Waals surface area contributed by atoms with E-state index in [-0.39, 0.29) is 16.7 Å². The third-order valence-electron chi connectivity index (χ3n) is 4.68. The van der Waals surface area contributed by atoms with E-state index in [1.54, 1.807) is 0 Å². The molecule has 0 radical (unpaired) electrons. The average molecular weight is 465 g/mol. The van der Waals surface area contributed by atoms with E-state index in [4.69, 9.17) is 10.2 Å². The monoisotopic (exact) mass is 465 g/mol. The Morgan fingerprint density at radius 2 is 1.75 bits per heavy atom. The topological polar surface area (TPSA) is 196 Å². The van der Waals surface area contributed by atoms with Gasteiger partial charge in [0, 0.05) is 6.42 Å². The van der Waals surface area contributed by atoms with Crippen LogP contribution in [0.2, 0.25) is 0 Å². The van der Waals surface area contributed by atoms with Crippen LogP contribution in [-0.2, 0) is 17.4 Å². The number of amides is 1. The van der Waals surface area contributed by atoms with Crippen LogP contribution in [0.3, 0.4) is 0 Å². The summed E-state index contributed by atoms with van der Waals surface area (Å²) in [5, 5.41) is 59.9. The van der Waals surface area contributed by atoms with E-state index in [9.17, 15) is 43.2 Å². The van der Waals surface area contributed by atoms with E-state index in [0.717, 1.165) is 12.1 Å². The molecule has 1 aromatic carbocycles. The van der Waals surface area contributed by atoms with E-state index in [1.165, 1.54) is 0 Å². The first kappa shape index (κ1) is 25.6. The smallest absolute Gasteiger partial charge is 0.394 e. The first-order valence-corrected chi connectivity index (χ1v) is 9.22. The van der Waals surface area contributed by atoms with Gasteiger partial charge in [-0.25, -0.2) is 4.98 Å². The second-order valence-electron chi connectivity index (χ2n) is 7.00. The van der Waals surface area contributed by atoms with Gasteiger partial charge in [0.15, 0.2) is 0 Å². The van der Waals surface area contributed by atoms with Crippen LogP contribution in [0.15, 0.2) is 23.0 Å². The minimum atomic E-state index is -4.64. The largest absolute Gasteiger partial charge is 0.416 e. The molecule has 178 valence electrons. The van der Waals surface area contributed by atoms with Gasteiger partial charge in [0.25, 0.3) is 5.56 Å². The van der Waals surface area contributed by atoms with Crippen LogP contribution >= 0.6 is 0 Å². The molecule has 1 aromatic heterocycles. The summed E-state index contributed by atoms with van der Waals surface area (Å²) in [6, 6.07) is 0.708. The summed E-state index contributed by atoms with van der Waals surface area (Å²) in [5.41, 5.74) is -2.57. The summed E-state index contributed by atoms with van der Waals surface area (Å²) in [6.45, 7) is -2.01. The average Bonchev–Trinajstić information content (AvgIpc) is 2.74. The number of nitrogens with one attached hydrogen (secondary N) is 2. The van der Waals surface area contributed by atoms with Gasteiger partial charge in [0.2, 0.25) is 5.91 Å². The molecule has 11 nitrogen and oxygen atoms in total. The van der Waals surface area contributed by atoms with Gasteiger partial charge in [0.05, 0.1) is 35.3 Å². The fourth-order valence-corrected chi connectivity index (χ4v) is 2.95. The number of nitrogens with zero attached hydrogens (tertiary/aromatic N) is 1. The number of rotatable bonds is 9. The minimum Gasteiger partial charge on any atom is -0.394 e. The Hall–Kier alpha value is -2.62. The van der Waals surface area contributed by atoms with Crippen molar-refractivity contribution in [1.29, 1.82) is 0 Å². The van der Waals surface area contributed by atoms with Crippen molar-refractivity contribution in [3.63, 3.8) is 0 Å². The summed E-state index contributed by atoms with van der Waals surface area (Å²) in [4.78, 5) is 29.9. The molecule has 0 saturated heterocycles. The van der Waals surface area contributed by atoms with Crippen LogP contribution in [0.25, 0.3) is 11.0 Å². The van der Waals surface area contributed by atoms with Crippen molar-refractivity contribution in [3.8, 4) is 0 Å². The van der Waals surface area contributed by atoms with Crippen molar-refractivity contribution < 1.29 is 48.6 Å². The highest BCUT2D eigenvalue weighted by molar-refractivity contribution is 5.77. The lowest BCUT2D eigenvalue weighted by molar-refractivity contribution is -0.137. The zero-order valence-corrected chi connectivity index (χ0v) is 16.3. The third kappa shape index (κ3) is 5.99. The molecule has 14 heteroatoms. The van der Waals surface area contributed by atoms with Crippen molar-refractivity contribution >= 4 is 16.9 Å². The third-order valence-corrected chi connectivity index (χ3v) is 4.68. The van der Waals surface area contributed by atoms with Crippen molar-refractivity contribution in [1.82, 2.24) is 15.3 Å². The predicted octanol–water partition coefficient (Wildman–Crippen LogP) is -2.60. The Kier molecular flexibility index (Phi) is 8.28. The quantitative estimate of drug-likeness (QED) is 0.196. The fraction of sp³-hybridized carbons (Fsp3) is 0.500. The summed E-state index contributed by atoms with van der Waals surface area (Å²) in [5.74, 6) is -1.07. The van der Waals surface area contributed by atoms with Crippen molar-refractivity contribution in [2.75, 3.05) is 13.2 Å². The summed E-state index contributed by atoms with van der Waals surface area (Å²) in [7, 11) is 0. The van der Waals surface area contributed by atoms with Crippen molar-refractivity contribution in [3.05, 3.63) is 39.8 Å². The van der Waals surface area contributed by atoms with Crippen LogP contribution in [-0.4, -0.2) is 90.2 Å². The molecule has 2 aromatic rings. The van der Waals surface area contributed by atoms with Gasteiger partial charge in [-0.1, -0.05) is 0 Å². The van der Waals surface area contributed by atoms with Gasteiger partial charge in [0.1, 0.15) is 30.6 Å². The van der Waals surface area contributed by atoms with Gasteiger partial charge in [-0.2, -0.15) is 13.2 Å². The van der Waals surface area contributed by atoms with E-state index >= 15 is 0 Å². The normalized spacial score (nSPS) is 16.9. The Morgan fingerprint density at radius 3 is 2.31 bits per heavy atom. The van der Waals surface area contributed by atoms with Gasteiger partial charge in [-0.05, 0) is 18.2 Å². The number of hydrogen-bond donors (Lipinski definition) is 8. The molecule has 0 saturated carbocycles. The standard InChI is InChI=1S/C18H22F3N3O8/c19-18(20,21)7-1-2-8-9(3-7)23-17(32)10(22-8)4-11(27)14(24-13(29)6-26)16(31)15(30)12(28)5-25/h1-3,11-12,14-16,25-28,30-31H,4-6H2,(H,23,32)(H,24,29)/t11-,12-,14?,15-,16?/m1/s1. The van der Waals surface area contributed by atoms with Gasteiger partial charge < -0.3 is 40.9 Å². The predicted molar refractivity (Wildman–Crippen MR) is 101 cm³/mol. The number of aromatic amines is 1. The number of hydrogen-bond acceptors (Lipinski definition) is 9. The van der Waals surface area contributed by atoms with E-state index in [2.05, 4.69) is 9.97 Å². The maximum Gasteiger partial charge on any atom is 0.416 e. The number of aromatic nitrogens is 2. The zero-order chi connectivity index (χ0) is 24.2. The van der Waals surface area contributed by atoms with Crippen LogP contribution in [0.4, 0.5) is 13.2 Å². The first-order valence-electron chi connectivity index (χ1n) is 9.22. The molecule has 1 amide bonds. The molecule has 5 atom stereocenters. The SMILES string of the molecule is O=C(CO)NC(C(O)[C@H](O)[C@H](O)CO)[C@H](O)Cc1nc2ccc(C(F)(F)F)cc2[nH]c1=O. The Bertz CT molecular complexity index is 1000. The second kappa shape index (κ2) is 10.3. The van der Waals surface area contributed by atoms with Gasteiger partial charge in [-0.3, -0.25) is 9.59 Å². The molecular formula is C18H22F3N3O8. The van der Waals surface area contributed by atoms with Crippen LogP contribution in [0.5, 0.6) is 0 Å². The first-order chi connectivity index (χ1) is 14.9. The Morgan fingerprint density at radius 1 is 1.09 bits per heavy atom. The molecule has 32 heavy (non-hydrogen) atoms. The molecule has 2 rings (SSSR count). The molecule has 2 unspecified atom stereocenters. The lowest BCUT2D eigenvalue weighted by Gasteiger charge is -2.32. The highest BCUT2D eigenvalue weighted by Gasteiger charge is 2.37. The summed E-state index contributed by atoms with van der Waals surface area (Å²) in [6.07, 6.45) is -13.0. The molecular weight excluding hydrogens is 443 g/mol. The van der Waals surface area contributed by atoms with Crippen LogP contribution in [0.1, 0.15) is 11.3 Å². The van der Waals surface area contributed by atoms with Crippen LogP contribution < -0.4 is 10.9 Å². The number of alkyl halides is 3. The molecule has 0 aliphatic carbocycles. The number of carbonyl (C=O) groups is 1. The van der Waals surface area contributed by atoms with E-state index < -0.39 is 73.3 Å². The van der Waals surface area contributed by atoms with Crippen molar-refractivity contribution in [2.24, 2.45) is 0 Å². The van der Waals surface area contributed by atoms with E-state index in [0.29, 0.717) is 6.07 Å². The Labute approximate surface area is 177 Å². The number of H-pyrrole nitrogens is 1. The highest BCUT2D eigenvalue weighted by atomic mass is 19.4. The number of benzene rings is 1.